The van der Waals surface area contributed by atoms with E-state index >= 15 is 0 Å². The highest BCUT2D eigenvalue weighted by atomic mass is 79.9. The third-order valence-electron chi connectivity index (χ3n) is 1.92. The highest BCUT2D eigenvalue weighted by Gasteiger charge is 2.11. The van der Waals surface area contributed by atoms with Crippen LogP contribution in [0.3, 0.4) is 0 Å². The largest absolute Gasteiger partial charge is 0.490 e. The van der Waals surface area contributed by atoms with E-state index in [0.717, 1.165) is 6.07 Å². The molecule has 0 heterocycles. The Balaban J connectivity index is 2.52. The first-order chi connectivity index (χ1) is 8.04. The van der Waals surface area contributed by atoms with E-state index in [2.05, 4.69) is 21.1 Å². The number of oxime groups is 1. The molecule has 0 unspecified atom stereocenters. The van der Waals surface area contributed by atoms with Gasteiger partial charge < -0.3 is 15.7 Å². The summed E-state index contributed by atoms with van der Waals surface area (Å²) in [5.74, 6) is -2.12. The fourth-order valence-corrected chi connectivity index (χ4v) is 1.53. The zero-order valence-electron chi connectivity index (χ0n) is 8.79. The maximum absolute atomic E-state index is 13.2. The van der Waals surface area contributed by atoms with Crippen LogP contribution in [0.1, 0.15) is 12.8 Å². The number of ether oxygens (including phenoxy) is 1. The topological polar surface area (TPSA) is 67.8 Å². The minimum absolute atomic E-state index is 0.0643. The molecule has 1 aromatic rings. The summed E-state index contributed by atoms with van der Waals surface area (Å²) in [5.41, 5.74) is 5.23. The summed E-state index contributed by atoms with van der Waals surface area (Å²) in [7, 11) is 0. The van der Waals surface area contributed by atoms with Crippen LogP contribution in [0.25, 0.3) is 0 Å². The van der Waals surface area contributed by atoms with Crippen LogP contribution in [0.4, 0.5) is 8.78 Å². The summed E-state index contributed by atoms with van der Waals surface area (Å²) in [6, 6.07) is 2.35. The first kappa shape index (κ1) is 13.7. The lowest BCUT2D eigenvalue weighted by molar-refractivity contribution is 0.289. The summed E-state index contributed by atoms with van der Waals surface area (Å²) in [5, 5.41) is 11.1. The summed E-state index contributed by atoms with van der Waals surface area (Å²) < 4.78 is 31.6. The summed E-state index contributed by atoms with van der Waals surface area (Å²) >= 11 is 3.03. The minimum atomic E-state index is -1.03. The van der Waals surface area contributed by atoms with Crippen molar-refractivity contribution in [3.05, 3.63) is 28.2 Å². The van der Waals surface area contributed by atoms with Crippen LogP contribution in [0.15, 0.2) is 21.8 Å². The molecule has 0 saturated carbocycles. The number of benzene rings is 1. The Morgan fingerprint density at radius 1 is 1.47 bits per heavy atom. The molecule has 0 amide bonds. The van der Waals surface area contributed by atoms with Gasteiger partial charge in [-0.05, 0) is 18.6 Å². The summed E-state index contributed by atoms with van der Waals surface area (Å²) in [6.07, 6.45) is 0.748. The second-order valence-corrected chi connectivity index (χ2v) is 4.16. The molecule has 3 N–H and O–H groups in total. The molecule has 0 bridgehead atoms. The lowest BCUT2D eigenvalue weighted by Gasteiger charge is -2.07. The van der Waals surface area contributed by atoms with Crippen LogP contribution in [-0.4, -0.2) is 17.6 Å². The molecule has 0 aliphatic heterocycles. The first-order valence-electron chi connectivity index (χ1n) is 4.78. The SMILES string of the molecule is N/C(CCCOc1cc(Br)cc(F)c1F)=N/O. The Morgan fingerprint density at radius 3 is 2.82 bits per heavy atom. The van der Waals surface area contributed by atoms with Crippen LogP contribution in [0.2, 0.25) is 0 Å². The van der Waals surface area contributed by atoms with Gasteiger partial charge in [0.15, 0.2) is 11.6 Å². The van der Waals surface area contributed by atoms with Gasteiger partial charge in [0.2, 0.25) is 5.82 Å². The summed E-state index contributed by atoms with van der Waals surface area (Å²) in [6.45, 7) is 0.142. The zero-order valence-corrected chi connectivity index (χ0v) is 10.4. The smallest absolute Gasteiger partial charge is 0.200 e. The standard InChI is InChI=1S/C10H11BrF2N2O2/c11-6-4-7(12)10(13)8(5-6)17-3-1-2-9(14)15-16/h4-5,16H,1-3H2,(H2,14,15). The van der Waals surface area contributed by atoms with Crippen molar-refractivity contribution in [2.24, 2.45) is 10.9 Å². The molecule has 1 aromatic carbocycles. The lowest BCUT2D eigenvalue weighted by atomic mass is 10.3. The molecule has 94 valence electrons. The van der Waals surface area contributed by atoms with E-state index < -0.39 is 11.6 Å². The van der Waals surface area contributed by atoms with Gasteiger partial charge in [-0.25, -0.2) is 4.39 Å². The first-order valence-corrected chi connectivity index (χ1v) is 5.57. The maximum Gasteiger partial charge on any atom is 0.200 e. The molecule has 0 spiro atoms. The van der Waals surface area contributed by atoms with Crippen molar-refractivity contribution in [3.63, 3.8) is 0 Å². The fourth-order valence-electron chi connectivity index (χ4n) is 1.12. The van der Waals surface area contributed by atoms with Crippen LogP contribution in [0, 0.1) is 11.6 Å². The van der Waals surface area contributed by atoms with Gasteiger partial charge in [-0.1, -0.05) is 21.1 Å². The van der Waals surface area contributed by atoms with Crippen molar-refractivity contribution in [2.45, 2.75) is 12.8 Å². The molecule has 7 heteroatoms. The molecule has 0 fully saturated rings. The number of amidine groups is 1. The Kier molecular flexibility index (Phi) is 5.14. The van der Waals surface area contributed by atoms with Gasteiger partial charge in [0, 0.05) is 10.9 Å². The Labute approximate surface area is 105 Å². The molecule has 4 nitrogen and oxygen atoms in total. The van der Waals surface area contributed by atoms with Crippen molar-refractivity contribution in [1.82, 2.24) is 0 Å². The van der Waals surface area contributed by atoms with Crippen molar-refractivity contribution in [2.75, 3.05) is 6.61 Å². The average Bonchev–Trinajstić information content (AvgIpc) is 2.30. The van der Waals surface area contributed by atoms with E-state index in [1.54, 1.807) is 0 Å². The van der Waals surface area contributed by atoms with Gasteiger partial charge in [-0.2, -0.15) is 4.39 Å². The van der Waals surface area contributed by atoms with Crippen molar-refractivity contribution < 1.29 is 18.7 Å². The minimum Gasteiger partial charge on any atom is -0.490 e. The molecule has 0 atom stereocenters. The normalized spacial score (nSPS) is 11.6. The second kappa shape index (κ2) is 6.39. The van der Waals surface area contributed by atoms with Crippen LogP contribution >= 0.6 is 15.9 Å². The number of hydrogen-bond donors (Lipinski definition) is 2. The average molecular weight is 309 g/mol. The van der Waals surface area contributed by atoms with Gasteiger partial charge in [0.25, 0.3) is 0 Å². The molecule has 1 rings (SSSR count). The van der Waals surface area contributed by atoms with E-state index in [1.807, 2.05) is 0 Å². The fraction of sp³-hybridized carbons (Fsp3) is 0.300. The van der Waals surface area contributed by atoms with E-state index in [9.17, 15) is 8.78 Å². The summed E-state index contributed by atoms with van der Waals surface area (Å²) in [4.78, 5) is 0. The Hall–Kier alpha value is -1.37. The van der Waals surface area contributed by atoms with Crippen LogP contribution < -0.4 is 10.5 Å². The van der Waals surface area contributed by atoms with Crippen LogP contribution in [-0.2, 0) is 0 Å². The van der Waals surface area contributed by atoms with E-state index in [1.165, 1.54) is 6.07 Å². The van der Waals surface area contributed by atoms with Crippen LogP contribution in [0.5, 0.6) is 5.75 Å². The highest BCUT2D eigenvalue weighted by molar-refractivity contribution is 9.10. The molecule has 0 aliphatic rings. The Morgan fingerprint density at radius 2 is 2.18 bits per heavy atom. The van der Waals surface area contributed by atoms with Gasteiger partial charge in [0.1, 0.15) is 5.84 Å². The van der Waals surface area contributed by atoms with Crippen molar-refractivity contribution in [1.29, 1.82) is 0 Å². The van der Waals surface area contributed by atoms with E-state index in [0.29, 0.717) is 17.3 Å². The number of rotatable bonds is 5. The second-order valence-electron chi connectivity index (χ2n) is 3.24. The number of nitrogens with two attached hydrogens (primary N) is 1. The van der Waals surface area contributed by atoms with Crippen molar-refractivity contribution in [3.8, 4) is 5.75 Å². The van der Waals surface area contributed by atoms with Gasteiger partial charge in [-0.3, -0.25) is 0 Å². The molecule has 0 aromatic heterocycles. The highest BCUT2D eigenvalue weighted by Crippen LogP contribution is 2.25. The number of halogens is 3. The molecular formula is C10H11BrF2N2O2. The van der Waals surface area contributed by atoms with Crippen molar-refractivity contribution >= 4 is 21.8 Å². The molecule has 17 heavy (non-hydrogen) atoms. The number of hydrogen-bond acceptors (Lipinski definition) is 3. The van der Waals surface area contributed by atoms with Gasteiger partial charge in [0.05, 0.1) is 6.61 Å². The predicted molar refractivity (Wildman–Crippen MR) is 62.2 cm³/mol. The maximum atomic E-state index is 13.2. The number of nitrogens with zero attached hydrogens (tertiary/aromatic N) is 1. The monoisotopic (exact) mass is 308 g/mol. The van der Waals surface area contributed by atoms with E-state index in [-0.39, 0.29) is 18.2 Å². The van der Waals surface area contributed by atoms with E-state index in [4.69, 9.17) is 15.7 Å². The molecular weight excluding hydrogens is 298 g/mol. The Bertz CT molecular complexity index is 427. The predicted octanol–water partition coefficient (Wildman–Crippen LogP) is 2.63. The van der Waals surface area contributed by atoms with Gasteiger partial charge >= 0.3 is 0 Å². The lowest BCUT2D eigenvalue weighted by Crippen LogP contribution is -2.13. The molecule has 0 radical (unpaired) electrons. The zero-order chi connectivity index (χ0) is 12.8. The molecule has 0 saturated heterocycles. The molecule has 0 aliphatic carbocycles. The quantitative estimate of drug-likeness (QED) is 0.219. The third-order valence-corrected chi connectivity index (χ3v) is 2.38. The van der Waals surface area contributed by atoms with Gasteiger partial charge in [-0.15, -0.1) is 0 Å². The third kappa shape index (κ3) is 4.18.